The number of amides is 2. The van der Waals surface area contributed by atoms with E-state index in [1.54, 1.807) is 18.2 Å². The third kappa shape index (κ3) is 6.13. The number of ether oxygens (including phenoxy) is 1. The van der Waals surface area contributed by atoms with Gasteiger partial charge in [0.1, 0.15) is 5.75 Å². The summed E-state index contributed by atoms with van der Waals surface area (Å²) < 4.78 is 5.55. The van der Waals surface area contributed by atoms with Gasteiger partial charge in [0.05, 0.1) is 29.4 Å². The Morgan fingerprint density at radius 3 is 2.63 bits per heavy atom. The van der Waals surface area contributed by atoms with Gasteiger partial charge >= 0.3 is 0 Å². The number of hydrogen-bond acceptors (Lipinski definition) is 4. The lowest BCUT2D eigenvalue weighted by Gasteiger charge is -2.23. The summed E-state index contributed by atoms with van der Waals surface area (Å²) in [4.78, 5) is 25.0. The van der Waals surface area contributed by atoms with Crippen molar-refractivity contribution in [2.24, 2.45) is 0 Å². The standard InChI is InChI=1S/C23H28ClN3O3/c1-2-30-21-11-7-6-10-20(21)25-15-22(28)26-17-12-13-19(24)18(14-17)23(29)27-16-8-4-3-5-9-16/h6-7,10-14,16,25H,2-5,8-9,15H2,1H3,(H,26,28)(H,27,29). The van der Waals surface area contributed by atoms with Crippen molar-refractivity contribution < 1.29 is 14.3 Å². The zero-order valence-corrected chi connectivity index (χ0v) is 17.9. The molecule has 0 saturated heterocycles. The molecule has 6 nitrogen and oxygen atoms in total. The third-order valence-corrected chi connectivity index (χ3v) is 5.39. The van der Waals surface area contributed by atoms with Crippen LogP contribution in [0.2, 0.25) is 5.02 Å². The predicted octanol–water partition coefficient (Wildman–Crippen LogP) is 4.85. The van der Waals surface area contributed by atoms with Gasteiger partial charge in [-0.25, -0.2) is 0 Å². The van der Waals surface area contributed by atoms with Crippen molar-refractivity contribution in [3.63, 3.8) is 0 Å². The summed E-state index contributed by atoms with van der Waals surface area (Å²) in [6.45, 7) is 2.52. The number of benzene rings is 2. The van der Waals surface area contributed by atoms with Crippen molar-refractivity contribution >= 4 is 34.8 Å². The maximum Gasteiger partial charge on any atom is 0.253 e. The molecule has 2 aromatic carbocycles. The first-order valence-corrected chi connectivity index (χ1v) is 10.8. The molecule has 2 amide bonds. The molecule has 2 aromatic rings. The molecular weight excluding hydrogens is 402 g/mol. The van der Waals surface area contributed by atoms with Gasteiger partial charge in [0.15, 0.2) is 0 Å². The molecule has 0 radical (unpaired) electrons. The van der Waals surface area contributed by atoms with Crippen molar-refractivity contribution in [2.45, 2.75) is 45.1 Å². The van der Waals surface area contributed by atoms with Crippen LogP contribution < -0.4 is 20.7 Å². The van der Waals surface area contributed by atoms with Crippen LogP contribution in [0.15, 0.2) is 42.5 Å². The lowest BCUT2D eigenvalue weighted by atomic mass is 9.95. The average molecular weight is 430 g/mol. The lowest BCUT2D eigenvalue weighted by molar-refractivity contribution is -0.114. The molecule has 0 atom stereocenters. The first-order chi connectivity index (χ1) is 14.6. The molecule has 0 heterocycles. The molecule has 0 bridgehead atoms. The van der Waals surface area contributed by atoms with Crippen molar-refractivity contribution in [3.05, 3.63) is 53.1 Å². The van der Waals surface area contributed by atoms with Gasteiger partial charge < -0.3 is 20.7 Å². The Labute approximate surface area is 182 Å². The SMILES string of the molecule is CCOc1ccccc1NCC(=O)Nc1ccc(Cl)c(C(=O)NC2CCCCC2)c1. The summed E-state index contributed by atoms with van der Waals surface area (Å²) in [5.41, 5.74) is 1.64. The highest BCUT2D eigenvalue weighted by atomic mass is 35.5. The second kappa shape index (κ2) is 10.9. The quantitative estimate of drug-likeness (QED) is 0.560. The Balaban J connectivity index is 1.59. The number of carbonyl (C=O) groups excluding carboxylic acids is 2. The molecule has 0 spiro atoms. The Bertz CT molecular complexity index is 882. The molecule has 160 valence electrons. The summed E-state index contributed by atoms with van der Waals surface area (Å²) in [6, 6.07) is 12.6. The Morgan fingerprint density at radius 1 is 1.10 bits per heavy atom. The van der Waals surface area contributed by atoms with E-state index in [1.165, 1.54) is 6.42 Å². The third-order valence-electron chi connectivity index (χ3n) is 5.06. The van der Waals surface area contributed by atoms with Crippen molar-refractivity contribution in [1.29, 1.82) is 0 Å². The van der Waals surface area contributed by atoms with Gasteiger partial charge in [0.25, 0.3) is 5.91 Å². The topological polar surface area (TPSA) is 79.5 Å². The van der Waals surface area contributed by atoms with Crippen molar-refractivity contribution in [1.82, 2.24) is 5.32 Å². The van der Waals surface area contributed by atoms with E-state index in [2.05, 4.69) is 16.0 Å². The second-order valence-corrected chi connectivity index (χ2v) is 7.74. The minimum absolute atomic E-state index is 0.0658. The fourth-order valence-electron chi connectivity index (χ4n) is 3.56. The minimum atomic E-state index is -0.234. The highest BCUT2D eigenvalue weighted by Crippen LogP contribution is 2.24. The maximum atomic E-state index is 12.6. The van der Waals surface area contributed by atoms with Crippen LogP contribution in [0.4, 0.5) is 11.4 Å². The van der Waals surface area contributed by atoms with E-state index in [9.17, 15) is 9.59 Å². The fourth-order valence-corrected chi connectivity index (χ4v) is 3.77. The van der Waals surface area contributed by atoms with E-state index in [1.807, 2.05) is 31.2 Å². The Hall–Kier alpha value is -2.73. The van der Waals surface area contributed by atoms with Crippen molar-refractivity contribution in [3.8, 4) is 5.75 Å². The van der Waals surface area contributed by atoms with Crippen LogP contribution in [0, 0.1) is 0 Å². The molecule has 1 aliphatic carbocycles. The zero-order valence-electron chi connectivity index (χ0n) is 17.2. The summed E-state index contributed by atoms with van der Waals surface area (Å²) in [7, 11) is 0. The molecule has 1 saturated carbocycles. The number of para-hydroxylation sites is 2. The number of carbonyl (C=O) groups is 2. The van der Waals surface area contributed by atoms with Crippen LogP contribution in [-0.4, -0.2) is 31.0 Å². The predicted molar refractivity (Wildman–Crippen MR) is 121 cm³/mol. The van der Waals surface area contributed by atoms with E-state index in [-0.39, 0.29) is 24.4 Å². The largest absolute Gasteiger partial charge is 0.492 e. The smallest absolute Gasteiger partial charge is 0.253 e. The second-order valence-electron chi connectivity index (χ2n) is 7.33. The summed E-state index contributed by atoms with van der Waals surface area (Å²) >= 11 is 6.23. The molecular formula is C23H28ClN3O3. The fraction of sp³-hybridized carbons (Fsp3) is 0.391. The molecule has 3 rings (SSSR count). The number of hydrogen-bond donors (Lipinski definition) is 3. The van der Waals surface area contributed by atoms with Crippen LogP contribution >= 0.6 is 11.6 Å². The van der Waals surface area contributed by atoms with Crippen LogP contribution in [0.5, 0.6) is 5.75 Å². The Morgan fingerprint density at radius 2 is 1.87 bits per heavy atom. The molecule has 3 N–H and O–H groups in total. The van der Waals surface area contributed by atoms with Gasteiger partial charge in [0, 0.05) is 11.7 Å². The molecule has 1 aliphatic rings. The van der Waals surface area contributed by atoms with E-state index in [0.717, 1.165) is 31.4 Å². The van der Waals surface area contributed by atoms with E-state index < -0.39 is 0 Å². The lowest BCUT2D eigenvalue weighted by Crippen LogP contribution is -2.36. The van der Waals surface area contributed by atoms with E-state index in [0.29, 0.717) is 28.6 Å². The first-order valence-electron chi connectivity index (χ1n) is 10.4. The van der Waals surface area contributed by atoms with Gasteiger partial charge in [-0.3, -0.25) is 9.59 Å². The van der Waals surface area contributed by atoms with Crippen LogP contribution in [0.1, 0.15) is 49.4 Å². The molecule has 7 heteroatoms. The molecule has 1 fully saturated rings. The van der Waals surface area contributed by atoms with Crippen molar-refractivity contribution in [2.75, 3.05) is 23.8 Å². The minimum Gasteiger partial charge on any atom is -0.492 e. The maximum absolute atomic E-state index is 12.6. The van der Waals surface area contributed by atoms with Crippen LogP contribution in [0.3, 0.4) is 0 Å². The zero-order chi connectivity index (χ0) is 21.3. The normalized spacial score (nSPS) is 14.1. The summed E-state index contributed by atoms with van der Waals surface area (Å²) in [6.07, 6.45) is 5.48. The molecule has 0 aliphatic heterocycles. The van der Waals surface area contributed by atoms with Crippen LogP contribution in [0.25, 0.3) is 0 Å². The molecule has 0 unspecified atom stereocenters. The highest BCUT2D eigenvalue weighted by molar-refractivity contribution is 6.34. The van der Waals surface area contributed by atoms with Gasteiger partial charge in [0.2, 0.25) is 5.91 Å². The van der Waals surface area contributed by atoms with Gasteiger partial charge in [-0.1, -0.05) is 43.0 Å². The molecule has 0 aromatic heterocycles. The van der Waals surface area contributed by atoms with Gasteiger partial charge in [-0.2, -0.15) is 0 Å². The number of anilines is 2. The van der Waals surface area contributed by atoms with E-state index in [4.69, 9.17) is 16.3 Å². The first kappa shape index (κ1) is 22.0. The van der Waals surface area contributed by atoms with E-state index >= 15 is 0 Å². The molecule has 30 heavy (non-hydrogen) atoms. The summed E-state index contributed by atoms with van der Waals surface area (Å²) in [5, 5.41) is 9.31. The number of nitrogens with one attached hydrogen (secondary N) is 3. The monoisotopic (exact) mass is 429 g/mol. The van der Waals surface area contributed by atoms with Crippen LogP contribution in [-0.2, 0) is 4.79 Å². The summed E-state index contributed by atoms with van der Waals surface area (Å²) in [5.74, 6) is 0.259. The number of halogens is 1. The van der Waals surface area contributed by atoms with Gasteiger partial charge in [-0.05, 0) is 50.1 Å². The van der Waals surface area contributed by atoms with Gasteiger partial charge in [-0.15, -0.1) is 0 Å². The highest BCUT2D eigenvalue weighted by Gasteiger charge is 2.19. The average Bonchev–Trinajstić information content (AvgIpc) is 2.75. The Kier molecular flexibility index (Phi) is 7.97. The number of rotatable bonds is 8.